The predicted molar refractivity (Wildman–Crippen MR) is 113 cm³/mol. The van der Waals surface area contributed by atoms with Gasteiger partial charge in [-0.05, 0) is 36.2 Å². The molecule has 0 fully saturated rings. The van der Waals surface area contributed by atoms with Gasteiger partial charge in [0.05, 0.1) is 6.54 Å². The van der Waals surface area contributed by atoms with Crippen molar-refractivity contribution in [1.82, 2.24) is 10.6 Å². The maximum Gasteiger partial charge on any atom is 0.225 e. The molecule has 3 N–H and O–H groups in total. The minimum Gasteiger partial charge on any atom is -0.375 e. The standard InChI is InChI=1S/C22H27FN4O2/c1-3-24-22(26-14-20(29-2)15-8-10-17(23)11-9-15)25-13-16-12-21(28)27-19-7-5-4-6-18(16)19/h4-11,16,20H,3,12-14H2,1-2H3,(H,27,28)(H2,24,25,26). The first-order chi connectivity index (χ1) is 14.1. The Bertz CT molecular complexity index is 854. The Morgan fingerprint density at radius 1 is 1.24 bits per heavy atom. The summed E-state index contributed by atoms with van der Waals surface area (Å²) in [5, 5.41) is 9.47. The second kappa shape index (κ2) is 10.0. The monoisotopic (exact) mass is 398 g/mol. The van der Waals surface area contributed by atoms with Crippen LogP contribution >= 0.6 is 0 Å². The number of hydrogen-bond donors (Lipinski definition) is 3. The summed E-state index contributed by atoms with van der Waals surface area (Å²) in [5.74, 6) is 0.464. The number of rotatable bonds is 7. The quantitative estimate of drug-likeness (QED) is 0.495. The summed E-state index contributed by atoms with van der Waals surface area (Å²) in [6.45, 7) is 3.68. The summed E-state index contributed by atoms with van der Waals surface area (Å²) < 4.78 is 18.7. The number of para-hydroxylation sites is 1. The van der Waals surface area contributed by atoms with Crippen LogP contribution < -0.4 is 16.0 Å². The lowest BCUT2D eigenvalue weighted by molar-refractivity contribution is -0.116. The topological polar surface area (TPSA) is 74.8 Å². The van der Waals surface area contributed by atoms with Crippen molar-refractivity contribution >= 4 is 17.6 Å². The van der Waals surface area contributed by atoms with Gasteiger partial charge in [-0.2, -0.15) is 0 Å². The molecule has 0 bridgehead atoms. The molecule has 6 nitrogen and oxygen atoms in total. The van der Waals surface area contributed by atoms with Gasteiger partial charge in [0.25, 0.3) is 0 Å². The number of halogens is 1. The Balaban J connectivity index is 1.66. The molecular formula is C22H27FN4O2. The number of anilines is 1. The van der Waals surface area contributed by atoms with Crippen LogP contribution in [0.25, 0.3) is 0 Å². The highest BCUT2D eigenvalue weighted by atomic mass is 19.1. The minimum absolute atomic E-state index is 0.0215. The lowest BCUT2D eigenvalue weighted by Gasteiger charge is -2.26. The molecule has 2 aromatic rings. The first kappa shape index (κ1) is 20.8. The van der Waals surface area contributed by atoms with Gasteiger partial charge in [0.15, 0.2) is 5.96 Å². The number of carbonyl (C=O) groups is 1. The molecule has 0 radical (unpaired) electrons. The van der Waals surface area contributed by atoms with E-state index in [1.54, 1.807) is 19.2 Å². The van der Waals surface area contributed by atoms with Crippen LogP contribution in [0.4, 0.5) is 10.1 Å². The first-order valence-corrected chi connectivity index (χ1v) is 9.80. The molecule has 3 rings (SSSR count). The third-order valence-electron chi connectivity index (χ3n) is 4.91. The second-order valence-electron chi connectivity index (χ2n) is 6.91. The summed E-state index contributed by atoms with van der Waals surface area (Å²) in [4.78, 5) is 16.6. The average molecular weight is 398 g/mol. The van der Waals surface area contributed by atoms with Gasteiger partial charge in [-0.1, -0.05) is 30.3 Å². The van der Waals surface area contributed by atoms with E-state index < -0.39 is 0 Å². The number of nitrogens with one attached hydrogen (secondary N) is 3. The molecule has 7 heteroatoms. The zero-order chi connectivity index (χ0) is 20.6. The van der Waals surface area contributed by atoms with E-state index >= 15 is 0 Å². The van der Waals surface area contributed by atoms with Crippen LogP contribution in [-0.2, 0) is 9.53 Å². The fourth-order valence-corrected chi connectivity index (χ4v) is 3.41. The van der Waals surface area contributed by atoms with E-state index in [9.17, 15) is 9.18 Å². The van der Waals surface area contributed by atoms with Crippen molar-refractivity contribution in [1.29, 1.82) is 0 Å². The van der Waals surface area contributed by atoms with E-state index in [4.69, 9.17) is 4.74 Å². The summed E-state index contributed by atoms with van der Waals surface area (Å²) in [5.41, 5.74) is 2.86. The van der Waals surface area contributed by atoms with Crippen molar-refractivity contribution in [3.63, 3.8) is 0 Å². The fourth-order valence-electron chi connectivity index (χ4n) is 3.41. The van der Waals surface area contributed by atoms with Crippen LogP contribution in [0.5, 0.6) is 0 Å². The van der Waals surface area contributed by atoms with E-state index in [0.29, 0.717) is 32.0 Å². The van der Waals surface area contributed by atoms with Crippen molar-refractivity contribution in [2.45, 2.75) is 25.4 Å². The van der Waals surface area contributed by atoms with Gasteiger partial charge >= 0.3 is 0 Å². The number of hydrogen-bond acceptors (Lipinski definition) is 3. The Kier molecular flexibility index (Phi) is 7.19. The van der Waals surface area contributed by atoms with Crippen molar-refractivity contribution in [2.75, 3.05) is 32.1 Å². The summed E-state index contributed by atoms with van der Waals surface area (Å²) in [7, 11) is 1.61. The number of carbonyl (C=O) groups excluding carboxylic acids is 1. The predicted octanol–water partition coefficient (Wildman–Crippen LogP) is 3.19. The molecule has 29 heavy (non-hydrogen) atoms. The van der Waals surface area contributed by atoms with Gasteiger partial charge in [-0.3, -0.25) is 9.79 Å². The Labute approximate surface area is 170 Å². The van der Waals surface area contributed by atoms with Crippen LogP contribution in [0.15, 0.2) is 53.5 Å². The van der Waals surface area contributed by atoms with Crippen LogP contribution in [-0.4, -0.2) is 38.6 Å². The molecule has 0 saturated carbocycles. The van der Waals surface area contributed by atoms with Crippen molar-refractivity contribution in [3.8, 4) is 0 Å². The van der Waals surface area contributed by atoms with Gasteiger partial charge in [-0.25, -0.2) is 4.39 Å². The average Bonchev–Trinajstić information content (AvgIpc) is 2.73. The number of methoxy groups -OCH3 is 1. The largest absolute Gasteiger partial charge is 0.375 e. The third-order valence-corrected chi connectivity index (χ3v) is 4.91. The second-order valence-corrected chi connectivity index (χ2v) is 6.91. The van der Waals surface area contributed by atoms with Crippen molar-refractivity contribution in [3.05, 3.63) is 65.5 Å². The van der Waals surface area contributed by atoms with E-state index in [0.717, 1.165) is 16.8 Å². The molecule has 0 aromatic heterocycles. The number of amides is 1. The van der Waals surface area contributed by atoms with Gasteiger partial charge in [0.1, 0.15) is 11.9 Å². The Morgan fingerprint density at radius 3 is 2.72 bits per heavy atom. The number of ether oxygens (including phenoxy) is 1. The Morgan fingerprint density at radius 2 is 2.00 bits per heavy atom. The maximum absolute atomic E-state index is 13.2. The summed E-state index contributed by atoms with van der Waals surface area (Å²) in [6, 6.07) is 14.1. The smallest absolute Gasteiger partial charge is 0.225 e. The molecule has 2 unspecified atom stereocenters. The molecule has 2 atom stereocenters. The lowest BCUT2D eigenvalue weighted by Crippen LogP contribution is -2.41. The zero-order valence-corrected chi connectivity index (χ0v) is 16.7. The van der Waals surface area contributed by atoms with Crippen molar-refractivity contribution in [2.24, 2.45) is 4.99 Å². The normalized spacial score (nSPS) is 17.3. The van der Waals surface area contributed by atoms with Crippen LogP contribution in [0.3, 0.4) is 0 Å². The number of nitrogens with zero attached hydrogens (tertiary/aromatic N) is 1. The van der Waals surface area contributed by atoms with Gasteiger partial charge in [0.2, 0.25) is 5.91 Å². The molecule has 2 aromatic carbocycles. The zero-order valence-electron chi connectivity index (χ0n) is 16.7. The van der Waals surface area contributed by atoms with E-state index in [1.165, 1.54) is 12.1 Å². The highest BCUT2D eigenvalue weighted by Crippen LogP contribution is 2.31. The molecule has 1 aliphatic rings. The molecule has 1 heterocycles. The highest BCUT2D eigenvalue weighted by molar-refractivity contribution is 5.94. The lowest BCUT2D eigenvalue weighted by atomic mass is 9.90. The van der Waals surface area contributed by atoms with E-state index in [2.05, 4.69) is 20.9 Å². The number of benzene rings is 2. The molecular weight excluding hydrogens is 371 g/mol. The van der Waals surface area contributed by atoms with E-state index in [1.807, 2.05) is 31.2 Å². The maximum atomic E-state index is 13.2. The van der Waals surface area contributed by atoms with Gasteiger partial charge in [-0.15, -0.1) is 0 Å². The molecule has 1 amide bonds. The van der Waals surface area contributed by atoms with Crippen LogP contribution in [0.1, 0.15) is 36.5 Å². The SMILES string of the molecule is CCNC(=NCC(OC)c1ccc(F)cc1)NCC1CC(=O)Nc2ccccc21. The molecule has 0 aliphatic carbocycles. The molecule has 0 saturated heterocycles. The van der Waals surface area contributed by atoms with Gasteiger partial charge in [0, 0.05) is 38.2 Å². The first-order valence-electron chi connectivity index (χ1n) is 9.80. The third kappa shape index (κ3) is 5.54. The highest BCUT2D eigenvalue weighted by Gasteiger charge is 2.24. The molecule has 1 aliphatic heterocycles. The minimum atomic E-state index is -0.279. The summed E-state index contributed by atoms with van der Waals surface area (Å²) in [6.07, 6.45) is 0.159. The van der Waals surface area contributed by atoms with Crippen molar-refractivity contribution < 1.29 is 13.9 Å². The van der Waals surface area contributed by atoms with Gasteiger partial charge < -0.3 is 20.7 Å². The van der Waals surface area contributed by atoms with Crippen LogP contribution in [0.2, 0.25) is 0 Å². The summed E-state index contributed by atoms with van der Waals surface area (Å²) >= 11 is 0. The number of fused-ring (bicyclic) bond motifs is 1. The fraction of sp³-hybridized carbons (Fsp3) is 0.364. The molecule has 0 spiro atoms. The van der Waals surface area contributed by atoms with Crippen LogP contribution in [0, 0.1) is 5.82 Å². The number of aliphatic imine (C=N–C) groups is 1. The number of guanidine groups is 1. The molecule has 154 valence electrons. The Hall–Kier alpha value is -2.93. The van der Waals surface area contributed by atoms with E-state index in [-0.39, 0.29) is 23.7 Å².